The van der Waals surface area contributed by atoms with Gasteiger partial charge in [-0.1, -0.05) is 6.07 Å². The summed E-state index contributed by atoms with van der Waals surface area (Å²) in [5.74, 6) is 0. The molecule has 2 atom stereocenters. The van der Waals surface area contributed by atoms with E-state index in [1.807, 2.05) is 11.3 Å². The maximum Gasteiger partial charge on any atom is 0.0371 e. The fraction of sp³-hybridized carbons (Fsp3) is 0.692. The molecule has 0 aliphatic carbocycles. The Morgan fingerprint density at radius 3 is 3.00 bits per heavy atom. The molecule has 0 saturated carbocycles. The van der Waals surface area contributed by atoms with Crippen LogP contribution in [0.5, 0.6) is 0 Å². The smallest absolute Gasteiger partial charge is 0.0371 e. The number of nitrogens with zero attached hydrogens (tertiary/aromatic N) is 2. The van der Waals surface area contributed by atoms with E-state index in [4.69, 9.17) is 5.73 Å². The molecule has 0 spiro atoms. The molecule has 1 aliphatic rings. The predicted molar refractivity (Wildman–Crippen MR) is 74.5 cm³/mol. The number of rotatable bonds is 4. The molecule has 0 amide bonds. The van der Waals surface area contributed by atoms with Crippen LogP contribution >= 0.6 is 11.3 Å². The van der Waals surface area contributed by atoms with Crippen molar-refractivity contribution < 1.29 is 0 Å². The molecule has 1 aromatic rings. The number of piperazine rings is 1. The maximum absolute atomic E-state index is 6.35. The summed E-state index contributed by atoms with van der Waals surface area (Å²) in [6.45, 7) is 3.39. The first-order valence-electron chi connectivity index (χ1n) is 6.33. The molecule has 0 radical (unpaired) electrons. The van der Waals surface area contributed by atoms with Gasteiger partial charge in [-0.25, -0.2) is 0 Å². The monoisotopic (exact) mass is 253 g/mol. The molecule has 17 heavy (non-hydrogen) atoms. The van der Waals surface area contributed by atoms with E-state index in [9.17, 15) is 0 Å². The van der Waals surface area contributed by atoms with Crippen LogP contribution in [0.15, 0.2) is 17.5 Å². The highest BCUT2D eigenvalue weighted by molar-refractivity contribution is 7.09. The lowest BCUT2D eigenvalue weighted by Crippen LogP contribution is -2.57. The Morgan fingerprint density at radius 2 is 2.29 bits per heavy atom. The van der Waals surface area contributed by atoms with E-state index in [0.29, 0.717) is 6.04 Å². The van der Waals surface area contributed by atoms with Gasteiger partial charge in [0.15, 0.2) is 0 Å². The molecule has 2 rings (SSSR count). The molecular weight excluding hydrogens is 230 g/mol. The largest absolute Gasteiger partial charge is 0.326 e. The summed E-state index contributed by atoms with van der Waals surface area (Å²) < 4.78 is 0. The Morgan fingerprint density at radius 1 is 1.47 bits per heavy atom. The summed E-state index contributed by atoms with van der Waals surface area (Å²) >= 11 is 1.83. The zero-order chi connectivity index (χ0) is 12.3. The summed E-state index contributed by atoms with van der Waals surface area (Å²) in [5.41, 5.74) is 6.35. The second kappa shape index (κ2) is 5.96. The molecule has 2 N–H and O–H groups in total. The van der Waals surface area contributed by atoms with Crippen LogP contribution in [0.1, 0.15) is 11.3 Å². The van der Waals surface area contributed by atoms with Crippen LogP contribution in [-0.4, -0.2) is 55.6 Å². The molecular formula is C13H23N3S. The van der Waals surface area contributed by atoms with Gasteiger partial charge in [-0.3, -0.25) is 4.90 Å². The van der Waals surface area contributed by atoms with Crippen LogP contribution in [0.3, 0.4) is 0 Å². The Balaban J connectivity index is 1.83. The van der Waals surface area contributed by atoms with Gasteiger partial charge in [0.2, 0.25) is 0 Å². The molecule has 3 nitrogen and oxygen atoms in total. The van der Waals surface area contributed by atoms with Crippen molar-refractivity contribution in [2.45, 2.75) is 24.9 Å². The molecule has 1 fully saturated rings. The fourth-order valence-corrected chi connectivity index (χ4v) is 3.19. The zero-order valence-corrected chi connectivity index (χ0v) is 11.6. The molecule has 2 heterocycles. The normalized spacial score (nSPS) is 25.0. The highest BCUT2D eigenvalue weighted by Crippen LogP contribution is 2.16. The van der Waals surface area contributed by atoms with Crippen LogP contribution in [0, 0.1) is 0 Å². The summed E-state index contributed by atoms with van der Waals surface area (Å²) in [4.78, 5) is 6.25. The van der Waals surface area contributed by atoms with Gasteiger partial charge in [0.05, 0.1) is 0 Å². The molecule has 0 aromatic carbocycles. The Hall–Kier alpha value is -0.420. The highest BCUT2D eigenvalue weighted by Gasteiger charge is 2.27. The second-order valence-electron chi connectivity index (χ2n) is 5.09. The van der Waals surface area contributed by atoms with Gasteiger partial charge in [0.1, 0.15) is 0 Å². The lowest BCUT2D eigenvalue weighted by atomic mass is 10.00. The zero-order valence-electron chi connectivity index (χ0n) is 10.8. The molecule has 2 unspecified atom stereocenters. The van der Waals surface area contributed by atoms with Gasteiger partial charge in [-0.15, -0.1) is 11.3 Å². The first kappa shape index (κ1) is 13.0. The summed E-state index contributed by atoms with van der Waals surface area (Å²) in [7, 11) is 4.38. The van der Waals surface area contributed by atoms with Crippen molar-refractivity contribution in [2.75, 3.05) is 33.7 Å². The average Bonchev–Trinajstić information content (AvgIpc) is 2.82. The second-order valence-corrected chi connectivity index (χ2v) is 6.12. The topological polar surface area (TPSA) is 32.5 Å². The molecule has 1 aliphatic heterocycles. The fourth-order valence-electron chi connectivity index (χ4n) is 2.46. The van der Waals surface area contributed by atoms with Gasteiger partial charge in [-0.2, -0.15) is 0 Å². The number of hydrogen-bond acceptors (Lipinski definition) is 4. The van der Waals surface area contributed by atoms with Gasteiger partial charge in [-0.05, 0) is 38.4 Å². The molecule has 4 heteroatoms. The van der Waals surface area contributed by atoms with Gasteiger partial charge < -0.3 is 10.6 Å². The maximum atomic E-state index is 6.35. The van der Waals surface area contributed by atoms with Gasteiger partial charge >= 0.3 is 0 Å². The van der Waals surface area contributed by atoms with E-state index in [-0.39, 0.29) is 6.04 Å². The van der Waals surface area contributed by atoms with Crippen LogP contribution in [0.4, 0.5) is 0 Å². The summed E-state index contributed by atoms with van der Waals surface area (Å²) in [6.07, 6.45) is 2.20. The number of aryl methyl sites for hydroxylation is 1. The minimum absolute atomic E-state index is 0.282. The minimum Gasteiger partial charge on any atom is -0.326 e. The quantitative estimate of drug-likeness (QED) is 0.877. The first-order valence-corrected chi connectivity index (χ1v) is 7.21. The van der Waals surface area contributed by atoms with Crippen LogP contribution in [-0.2, 0) is 6.42 Å². The Kier molecular flexibility index (Phi) is 4.56. The Labute approximate surface area is 108 Å². The van der Waals surface area contributed by atoms with Crippen molar-refractivity contribution in [3.05, 3.63) is 22.4 Å². The molecule has 1 aromatic heterocycles. The number of hydrogen-bond donors (Lipinski definition) is 1. The van der Waals surface area contributed by atoms with E-state index in [0.717, 1.165) is 32.5 Å². The van der Waals surface area contributed by atoms with Crippen molar-refractivity contribution >= 4 is 11.3 Å². The van der Waals surface area contributed by atoms with Crippen molar-refractivity contribution in [2.24, 2.45) is 5.73 Å². The van der Waals surface area contributed by atoms with Crippen molar-refractivity contribution in [3.8, 4) is 0 Å². The standard InChI is InChI=1S/C13H23N3S/c1-15-7-8-16(2)13(10-15)12(14)6-5-11-4-3-9-17-11/h3-4,9,12-13H,5-8,10,14H2,1-2H3. The average molecular weight is 253 g/mol. The van der Waals surface area contributed by atoms with E-state index in [1.165, 1.54) is 4.88 Å². The third kappa shape index (κ3) is 3.52. The highest BCUT2D eigenvalue weighted by atomic mass is 32.1. The van der Waals surface area contributed by atoms with Crippen molar-refractivity contribution in [1.29, 1.82) is 0 Å². The summed E-state index contributed by atoms with van der Waals surface area (Å²) in [5, 5.41) is 2.14. The van der Waals surface area contributed by atoms with E-state index >= 15 is 0 Å². The third-order valence-corrected chi connectivity index (χ3v) is 4.63. The number of nitrogens with two attached hydrogens (primary N) is 1. The van der Waals surface area contributed by atoms with E-state index in [2.05, 4.69) is 41.4 Å². The van der Waals surface area contributed by atoms with Gasteiger partial charge in [0.25, 0.3) is 0 Å². The van der Waals surface area contributed by atoms with E-state index < -0.39 is 0 Å². The van der Waals surface area contributed by atoms with Crippen LogP contribution in [0.2, 0.25) is 0 Å². The number of likely N-dealkylation sites (N-methyl/N-ethyl adjacent to an activating group) is 2. The van der Waals surface area contributed by atoms with Crippen LogP contribution in [0.25, 0.3) is 0 Å². The first-order chi connectivity index (χ1) is 8.16. The van der Waals surface area contributed by atoms with Crippen LogP contribution < -0.4 is 5.73 Å². The lowest BCUT2D eigenvalue weighted by Gasteiger charge is -2.40. The van der Waals surface area contributed by atoms with Gasteiger partial charge in [0, 0.05) is 36.6 Å². The number of thiophene rings is 1. The molecule has 0 bridgehead atoms. The molecule has 1 saturated heterocycles. The van der Waals surface area contributed by atoms with E-state index in [1.54, 1.807) is 0 Å². The predicted octanol–water partition coefficient (Wildman–Crippen LogP) is 1.25. The van der Waals surface area contributed by atoms with Crippen molar-refractivity contribution in [1.82, 2.24) is 9.80 Å². The van der Waals surface area contributed by atoms with Crippen molar-refractivity contribution in [3.63, 3.8) is 0 Å². The summed E-state index contributed by atoms with van der Waals surface area (Å²) in [6, 6.07) is 5.11. The minimum atomic E-state index is 0.282. The lowest BCUT2D eigenvalue weighted by molar-refractivity contribution is 0.0954. The molecule has 96 valence electrons. The third-order valence-electron chi connectivity index (χ3n) is 3.70. The Bertz CT molecular complexity index is 325. The SMILES string of the molecule is CN1CCN(C)C(C(N)CCc2cccs2)C1.